The fraction of sp³-hybridized carbons (Fsp3) is 0.200. The van der Waals surface area contributed by atoms with Gasteiger partial charge in [-0.1, -0.05) is 18.2 Å². The third-order valence-corrected chi connectivity index (χ3v) is 4.38. The SMILES string of the molecule is O=C(c1ccncc1)N1CCCC1c1cncc(Oc2ccccc2)n1. The van der Waals surface area contributed by atoms with Crippen molar-refractivity contribution < 1.29 is 9.53 Å². The average molecular weight is 346 g/mol. The molecule has 0 saturated carbocycles. The summed E-state index contributed by atoms with van der Waals surface area (Å²) in [5.41, 5.74) is 1.38. The Morgan fingerprint density at radius 3 is 2.65 bits per heavy atom. The maximum Gasteiger partial charge on any atom is 0.254 e. The molecule has 4 rings (SSSR count). The van der Waals surface area contributed by atoms with Crippen molar-refractivity contribution in [2.45, 2.75) is 18.9 Å². The number of rotatable bonds is 4. The van der Waals surface area contributed by atoms with E-state index < -0.39 is 0 Å². The van der Waals surface area contributed by atoms with E-state index >= 15 is 0 Å². The lowest BCUT2D eigenvalue weighted by Gasteiger charge is -2.24. The van der Waals surface area contributed by atoms with Gasteiger partial charge in [-0.2, -0.15) is 0 Å². The fourth-order valence-electron chi connectivity index (χ4n) is 3.16. The van der Waals surface area contributed by atoms with Gasteiger partial charge in [-0.15, -0.1) is 0 Å². The predicted octanol–water partition coefficient (Wildman–Crippen LogP) is 3.64. The first-order chi connectivity index (χ1) is 12.8. The second-order valence-electron chi connectivity index (χ2n) is 6.09. The van der Waals surface area contributed by atoms with E-state index in [2.05, 4.69) is 15.0 Å². The van der Waals surface area contributed by atoms with Crippen LogP contribution in [-0.4, -0.2) is 32.3 Å². The third-order valence-electron chi connectivity index (χ3n) is 4.38. The summed E-state index contributed by atoms with van der Waals surface area (Å²) in [6.07, 6.45) is 8.35. The highest BCUT2D eigenvalue weighted by molar-refractivity contribution is 5.94. The zero-order valence-corrected chi connectivity index (χ0v) is 14.2. The van der Waals surface area contributed by atoms with Crippen molar-refractivity contribution in [1.82, 2.24) is 19.9 Å². The largest absolute Gasteiger partial charge is 0.437 e. The molecule has 1 saturated heterocycles. The van der Waals surface area contributed by atoms with Crippen molar-refractivity contribution in [3.8, 4) is 11.6 Å². The van der Waals surface area contributed by atoms with Crippen LogP contribution in [-0.2, 0) is 0 Å². The minimum absolute atomic E-state index is 0.00826. The molecule has 26 heavy (non-hydrogen) atoms. The molecule has 3 heterocycles. The summed E-state index contributed by atoms with van der Waals surface area (Å²) in [5.74, 6) is 1.12. The van der Waals surface area contributed by atoms with Crippen LogP contribution in [0.1, 0.15) is 34.9 Å². The molecule has 1 fully saturated rings. The highest BCUT2D eigenvalue weighted by atomic mass is 16.5. The molecule has 3 aromatic rings. The molecule has 0 spiro atoms. The van der Waals surface area contributed by atoms with E-state index in [-0.39, 0.29) is 11.9 Å². The van der Waals surface area contributed by atoms with Gasteiger partial charge in [0, 0.05) is 24.5 Å². The summed E-state index contributed by atoms with van der Waals surface area (Å²) in [6.45, 7) is 0.706. The minimum atomic E-state index is -0.0949. The second-order valence-corrected chi connectivity index (χ2v) is 6.09. The van der Waals surface area contributed by atoms with E-state index in [9.17, 15) is 4.79 Å². The lowest BCUT2D eigenvalue weighted by molar-refractivity contribution is 0.0732. The first kappa shape index (κ1) is 16.2. The van der Waals surface area contributed by atoms with Crippen molar-refractivity contribution in [3.63, 3.8) is 0 Å². The summed E-state index contributed by atoms with van der Waals surface area (Å²) in [4.78, 5) is 27.5. The highest BCUT2D eigenvalue weighted by Gasteiger charge is 2.32. The summed E-state index contributed by atoms with van der Waals surface area (Å²) in [7, 11) is 0. The van der Waals surface area contributed by atoms with E-state index in [0.717, 1.165) is 18.5 Å². The number of ether oxygens (including phenoxy) is 1. The topological polar surface area (TPSA) is 68.2 Å². The number of likely N-dealkylation sites (tertiary alicyclic amines) is 1. The van der Waals surface area contributed by atoms with Crippen LogP contribution in [0.15, 0.2) is 67.3 Å². The highest BCUT2D eigenvalue weighted by Crippen LogP contribution is 2.32. The molecule has 0 aliphatic carbocycles. The van der Waals surface area contributed by atoms with Gasteiger partial charge in [0.05, 0.1) is 24.1 Å². The van der Waals surface area contributed by atoms with Crippen LogP contribution >= 0.6 is 0 Å². The van der Waals surface area contributed by atoms with Crippen molar-refractivity contribution in [2.75, 3.05) is 6.54 Å². The molecular weight excluding hydrogens is 328 g/mol. The summed E-state index contributed by atoms with van der Waals surface area (Å²) < 4.78 is 5.77. The zero-order valence-electron chi connectivity index (χ0n) is 14.2. The fourth-order valence-corrected chi connectivity index (χ4v) is 3.16. The van der Waals surface area contributed by atoms with Crippen LogP contribution in [0, 0.1) is 0 Å². The zero-order chi connectivity index (χ0) is 17.8. The van der Waals surface area contributed by atoms with Gasteiger partial charge in [0.2, 0.25) is 5.88 Å². The molecule has 0 bridgehead atoms. The molecule has 1 aliphatic heterocycles. The Labute approximate surface area is 151 Å². The molecule has 6 nitrogen and oxygen atoms in total. The molecule has 1 unspecified atom stereocenters. The van der Waals surface area contributed by atoms with Crippen LogP contribution in [0.3, 0.4) is 0 Å². The van der Waals surface area contributed by atoms with Crippen molar-refractivity contribution in [1.29, 1.82) is 0 Å². The van der Waals surface area contributed by atoms with Gasteiger partial charge in [-0.3, -0.25) is 14.8 Å². The van der Waals surface area contributed by atoms with Crippen molar-refractivity contribution in [3.05, 3.63) is 78.5 Å². The smallest absolute Gasteiger partial charge is 0.254 e. The Kier molecular flexibility index (Phi) is 4.55. The van der Waals surface area contributed by atoms with Crippen LogP contribution < -0.4 is 4.74 Å². The number of amides is 1. The van der Waals surface area contributed by atoms with Gasteiger partial charge in [0.25, 0.3) is 5.91 Å². The van der Waals surface area contributed by atoms with Crippen molar-refractivity contribution >= 4 is 5.91 Å². The van der Waals surface area contributed by atoms with Gasteiger partial charge in [0.15, 0.2) is 0 Å². The van der Waals surface area contributed by atoms with E-state index in [1.807, 2.05) is 35.2 Å². The summed E-state index contributed by atoms with van der Waals surface area (Å²) in [6, 6.07) is 12.8. The predicted molar refractivity (Wildman–Crippen MR) is 95.8 cm³/mol. The number of carbonyl (C=O) groups excluding carboxylic acids is 1. The summed E-state index contributed by atoms with van der Waals surface area (Å²) in [5, 5.41) is 0. The number of para-hydroxylation sites is 1. The van der Waals surface area contributed by atoms with E-state index in [1.165, 1.54) is 0 Å². The van der Waals surface area contributed by atoms with Gasteiger partial charge in [0.1, 0.15) is 5.75 Å². The van der Waals surface area contributed by atoms with Gasteiger partial charge < -0.3 is 9.64 Å². The van der Waals surface area contributed by atoms with Gasteiger partial charge in [-0.25, -0.2) is 4.98 Å². The molecule has 1 aromatic carbocycles. The molecule has 1 atom stereocenters. The van der Waals surface area contributed by atoms with Crippen LogP contribution in [0.25, 0.3) is 0 Å². The van der Waals surface area contributed by atoms with E-state index in [1.54, 1.807) is 36.9 Å². The van der Waals surface area contributed by atoms with E-state index in [4.69, 9.17) is 4.74 Å². The van der Waals surface area contributed by atoms with Crippen LogP contribution in [0.4, 0.5) is 0 Å². The Hall–Kier alpha value is -3.28. The molecule has 1 aliphatic rings. The standard InChI is InChI=1S/C20H18N4O2/c25-20(15-8-10-21-11-9-15)24-12-4-7-18(24)17-13-22-14-19(23-17)26-16-5-2-1-3-6-16/h1-3,5-6,8-11,13-14,18H,4,7,12H2. The van der Waals surface area contributed by atoms with Crippen molar-refractivity contribution in [2.24, 2.45) is 0 Å². The monoisotopic (exact) mass is 346 g/mol. The normalized spacial score (nSPS) is 16.5. The Balaban J connectivity index is 1.56. The number of carbonyl (C=O) groups is 1. The number of hydrogen-bond acceptors (Lipinski definition) is 5. The molecule has 6 heteroatoms. The number of pyridine rings is 1. The van der Waals surface area contributed by atoms with Gasteiger partial charge in [-0.05, 0) is 37.1 Å². The van der Waals surface area contributed by atoms with E-state index in [0.29, 0.717) is 23.7 Å². The number of hydrogen-bond donors (Lipinski definition) is 0. The minimum Gasteiger partial charge on any atom is -0.437 e. The third kappa shape index (κ3) is 3.39. The van der Waals surface area contributed by atoms with Crippen LogP contribution in [0.2, 0.25) is 0 Å². The molecule has 0 N–H and O–H groups in total. The Morgan fingerprint density at radius 1 is 1.04 bits per heavy atom. The lowest BCUT2D eigenvalue weighted by Crippen LogP contribution is -2.31. The van der Waals surface area contributed by atoms with Crippen LogP contribution in [0.5, 0.6) is 11.6 Å². The average Bonchev–Trinajstić information content (AvgIpc) is 3.19. The number of benzene rings is 1. The quantitative estimate of drug-likeness (QED) is 0.721. The second kappa shape index (κ2) is 7.31. The summed E-state index contributed by atoms with van der Waals surface area (Å²) >= 11 is 0. The number of nitrogens with zero attached hydrogens (tertiary/aromatic N) is 4. The maximum atomic E-state index is 12.8. The lowest BCUT2D eigenvalue weighted by atomic mass is 10.1. The number of aromatic nitrogens is 3. The first-order valence-corrected chi connectivity index (χ1v) is 8.57. The van der Waals surface area contributed by atoms with Gasteiger partial charge >= 0.3 is 0 Å². The molecule has 1 amide bonds. The Morgan fingerprint density at radius 2 is 1.85 bits per heavy atom. The molecular formula is C20H18N4O2. The first-order valence-electron chi connectivity index (χ1n) is 8.57. The Bertz CT molecular complexity index is 887. The maximum absolute atomic E-state index is 12.8. The molecule has 2 aromatic heterocycles. The molecule has 130 valence electrons. The molecule has 0 radical (unpaired) electrons.